The van der Waals surface area contributed by atoms with E-state index in [1.807, 2.05) is 10.9 Å². The SMILES string of the molecule is CCNC(Cc1cnn(CC)c1)CC(C)OC. The van der Waals surface area contributed by atoms with Crippen LogP contribution in [0.4, 0.5) is 0 Å². The highest BCUT2D eigenvalue weighted by molar-refractivity contribution is 5.06. The Labute approximate surface area is 104 Å². The summed E-state index contributed by atoms with van der Waals surface area (Å²) in [5.74, 6) is 0. The molecule has 1 aromatic heterocycles. The Morgan fingerprint density at radius 3 is 2.76 bits per heavy atom. The summed E-state index contributed by atoms with van der Waals surface area (Å²) in [6.45, 7) is 8.27. The van der Waals surface area contributed by atoms with E-state index in [1.54, 1.807) is 7.11 Å². The van der Waals surface area contributed by atoms with E-state index < -0.39 is 0 Å². The number of likely N-dealkylation sites (N-methyl/N-ethyl adjacent to an activating group) is 1. The predicted octanol–water partition coefficient (Wildman–Crippen LogP) is 1.85. The second-order valence-electron chi connectivity index (χ2n) is 4.45. The Bertz CT molecular complexity index is 311. The second-order valence-corrected chi connectivity index (χ2v) is 4.45. The van der Waals surface area contributed by atoms with Crippen LogP contribution in [0, 0.1) is 0 Å². The molecule has 1 N–H and O–H groups in total. The zero-order chi connectivity index (χ0) is 12.7. The van der Waals surface area contributed by atoms with Gasteiger partial charge in [0.15, 0.2) is 0 Å². The van der Waals surface area contributed by atoms with E-state index in [9.17, 15) is 0 Å². The monoisotopic (exact) mass is 239 g/mol. The minimum Gasteiger partial charge on any atom is -0.382 e. The van der Waals surface area contributed by atoms with Gasteiger partial charge in [-0.05, 0) is 38.8 Å². The van der Waals surface area contributed by atoms with Gasteiger partial charge in [-0.3, -0.25) is 4.68 Å². The van der Waals surface area contributed by atoms with Crippen molar-refractivity contribution in [2.45, 2.75) is 52.3 Å². The molecule has 1 heterocycles. The molecule has 2 unspecified atom stereocenters. The molecule has 98 valence electrons. The number of aromatic nitrogens is 2. The molecule has 0 fully saturated rings. The molecule has 17 heavy (non-hydrogen) atoms. The van der Waals surface area contributed by atoms with Gasteiger partial charge in [0.05, 0.1) is 12.3 Å². The number of nitrogens with zero attached hydrogens (tertiary/aromatic N) is 2. The second kappa shape index (κ2) is 7.45. The summed E-state index contributed by atoms with van der Waals surface area (Å²) < 4.78 is 7.30. The molecule has 2 atom stereocenters. The third-order valence-electron chi connectivity index (χ3n) is 3.00. The van der Waals surface area contributed by atoms with Crippen molar-refractivity contribution >= 4 is 0 Å². The Morgan fingerprint density at radius 2 is 2.24 bits per heavy atom. The molecule has 0 saturated carbocycles. The Balaban J connectivity index is 2.52. The van der Waals surface area contributed by atoms with Gasteiger partial charge in [0.25, 0.3) is 0 Å². The van der Waals surface area contributed by atoms with E-state index in [0.717, 1.165) is 25.9 Å². The Kier molecular flexibility index (Phi) is 6.22. The van der Waals surface area contributed by atoms with Crippen LogP contribution in [0.5, 0.6) is 0 Å². The van der Waals surface area contributed by atoms with Crippen LogP contribution < -0.4 is 5.32 Å². The van der Waals surface area contributed by atoms with E-state index in [0.29, 0.717) is 12.1 Å². The predicted molar refractivity (Wildman–Crippen MR) is 70.2 cm³/mol. The average Bonchev–Trinajstić information content (AvgIpc) is 2.77. The van der Waals surface area contributed by atoms with E-state index in [2.05, 4.69) is 37.4 Å². The Morgan fingerprint density at radius 1 is 1.47 bits per heavy atom. The van der Waals surface area contributed by atoms with E-state index in [1.165, 1.54) is 5.56 Å². The summed E-state index contributed by atoms with van der Waals surface area (Å²) in [5.41, 5.74) is 1.29. The normalized spacial score (nSPS) is 14.8. The van der Waals surface area contributed by atoms with Crippen molar-refractivity contribution in [3.05, 3.63) is 18.0 Å². The first-order chi connectivity index (χ1) is 8.19. The Hall–Kier alpha value is -0.870. The van der Waals surface area contributed by atoms with Crippen LogP contribution in [-0.4, -0.2) is 35.6 Å². The fraction of sp³-hybridized carbons (Fsp3) is 0.769. The number of ether oxygens (including phenoxy) is 1. The summed E-state index contributed by atoms with van der Waals surface area (Å²) in [6.07, 6.45) is 6.43. The first-order valence-corrected chi connectivity index (χ1v) is 6.47. The minimum absolute atomic E-state index is 0.292. The molecule has 0 bridgehead atoms. The van der Waals surface area contributed by atoms with Gasteiger partial charge in [-0.2, -0.15) is 5.10 Å². The van der Waals surface area contributed by atoms with Gasteiger partial charge in [-0.15, -0.1) is 0 Å². The van der Waals surface area contributed by atoms with Crippen molar-refractivity contribution in [1.82, 2.24) is 15.1 Å². The van der Waals surface area contributed by atoms with Crippen molar-refractivity contribution in [2.75, 3.05) is 13.7 Å². The largest absolute Gasteiger partial charge is 0.382 e. The highest BCUT2D eigenvalue weighted by atomic mass is 16.5. The number of hydrogen-bond acceptors (Lipinski definition) is 3. The molecule has 4 heteroatoms. The van der Waals surface area contributed by atoms with Gasteiger partial charge < -0.3 is 10.1 Å². The summed E-state index contributed by atoms with van der Waals surface area (Å²) in [7, 11) is 1.77. The van der Waals surface area contributed by atoms with Crippen LogP contribution in [0.2, 0.25) is 0 Å². The quantitative estimate of drug-likeness (QED) is 0.752. The smallest absolute Gasteiger partial charge is 0.0558 e. The molecule has 0 spiro atoms. The minimum atomic E-state index is 0.292. The third kappa shape index (κ3) is 4.88. The lowest BCUT2D eigenvalue weighted by atomic mass is 10.0. The summed E-state index contributed by atoms with van der Waals surface area (Å²) in [4.78, 5) is 0. The molecule has 0 amide bonds. The average molecular weight is 239 g/mol. The lowest BCUT2D eigenvalue weighted by molar-refractivity contribution is 0.101. The standard InChI is InChI=1S/C13H25N3O/c1-5-14-13(7-11(3)17-4)8-12-9-15-16(6-2)10-12/h9-11,13-14H,5-8H2,1-4H3. The molecule has 1 rings (SSSR count). The maximum absolute atomic E-state index is 5.33. The molecule has 0 aliphatic rings. The van der Waals surface area contributed by atoms with Gasteiger partial charge >= 0.3 is 0 Å². The van der Waals surface area contributed by atoms with Crippen molar-refractivity contribution in [3.63, 3.8) is 0 Å². The number of rotatable bonds is 8. The van der Waals surface area contributed by atoms with Crippen LogP contribution in [0.1, 0.15) is 32.8 Å². The van der Waals surface area contributed by atoms with E-state index in [4.69, 9.17) is 4.74 Å². The maximum Gasteiger partial charge on any atom is 0.0558 e. The van der Waals surface area contributed by atoms with Crippen LogP contribution in [0.3, 0.4) is 0 Å². The molecule has 0 aliphatic carbocycles. The van der Waals surface area contributed by atoms with Crippen molar-refractivity contribution in [1.29, 1.82) is 0 Å². The molecular weight excluding hydrogens is 214 g/mol. The van der Waals surface area contributed by atoms with Crippen molar-refractivity contribution in [2.24, 2.45) is 0 Å². The van der Waals surface area contributed by atoms with Gasteiger partial charge in [-0.1, -0.05) is 6.92 Å². The van der Waals surface area contributed by atoms with Crippen LogP contribution in [0.15, 0.2) is 12.4 Å². The molecule has 1 aromatic rings. The number of nitrogens with one attached hydrogen (secondary N) is 1. The maximum atomic E-state index is 5.33. The van der Waals surface area contributed by atoms with Gasteiger partial charge in [-0.25, -0.2) is 0 Å². The number of aryl methyl sites for hydroxylation is 1. The van der Waals surface area contributed by atoms with E-state index in [-0.39, 0.29) is 0 Å². The van der Waals surface area contributed by atoms with E-state index >= 15 is 0 Å². The molecule has 0 aromatic carbocycles. The highest BCUT2D eigenvalue weighted by Crippen LogP contribution is 2.09. The zero-order valence-corrected chi connectivity index (χ0v) is 11.4. The number of hydrogen-bond donors (Lipinski definition) is 1. The first-order valence-electron chi connectivity index (χ1n) is 6.47. The lowest BCUT2D eigenvalue weighted by Gasteiger charge is -2.20. The fourth-order valence-electron chi connectivity index (χ4n) is 1.99. The third-order valence-corrected chi connectivity index (χ3v) is 3.00. The summed E-state index contributed by atoms with van der Waals surface area (Å²) >= 11 is 0. The molecule has 0 radical (unpaired) electrons. The number of methoxy groups -OCH3 is 1. The van der Waals surface area contributed by atoms with Crippen molar-refractivity contribution in [3.8, 4) is 0 Å². The molecule has 0 aliphatic heterocycles. The summed E-state index contributed by atoms with van der Waals surface area (Å²) in [6, 6.07) is 0.462. The van der Waals surface area contributed by atoms with Crippen LogP contribution in [-0.2, 0) is 17.7 Å². The van der Waals surface area contributed by atoms with Crippen LogP contribution in [0.25, 0.3) is 0 Å². The topological polar surface area (TPSA) is 39.1 Å². The van der Waals surface area contributed by atoms with Gasteiger partial charge in [0.2, 0.25) is 0 Å². The van der Waals surface area contributed by atoms with Crippen molar-refractivity contribution < 1.29 is 4.74 Å². The lowest BCUT2D eigenvalue weighted by Crippen LogP contribution is -2.34. The van der Waals surface area contributed by atoms with Gasteiger partial charge in [0.1, 0.15) is 0 Å². The molecular formula is C13H25N3O. The highest BCUT2D eigenvalue weighted by Gasteiger charge is 2.13. The first kappa shape index (κ1) is 14.2. The summed E-state index contributed by atoms with van der Waals surface area (Å²) in [5, 5.41) is 7.81. The van der Waals surface area contributed by atoms with Crippen LogP contribution >= 0.6 is 0 Å². The molecule has 0 saturated heterocycles. The molecule has 4 nitrogen and oxygen atoms in total. The van der Waals surface area contributed by atoms with Gasteiger partial charge in [0, 0.05) is 25.9 Å². The fourth-order valence-corrected chi connectivity index (χ4v) is 1.99. The zero-order valence-electron chi connectivity index (χ0n) is 11.4.